The van der Waals surface area contributed by atoms with Gasteiger partial charge in [0.15, 0.2) is 11.5 Å². The van der Waals surface area contributed by atoms with Gasteiger partial charge in [0.1, 0.15) is 16.0 Å². The highest BCUT2D eigenvalue weighted by atomic mass is 35.5. The Hall–Kier alpha value is -2.51. The van der Waals surface area contributed by atoms with Gasteiger partial charge in [0.25, 0.3) is 0 Å². The van der Waals surface area contributed by atoms with Gasteiger partial charge in [-0.1, -0.05) is 23.7 Å². The Morgan fingerprint density at radius 3 is 2.86 bits per heavy atom. The maximum absolute atomic E-state index is 12.2. The molecule has 0 saturated heterocycles. The van der Waals surface area contributed by atoms with Crippen molar-refractivity contribution in [3.8, 4) is 0 Å². The number of esters is 1. The Kier molecular flexibility index (Phi) is 4.10. The van der Waals surface area contributed by atoms with Crippen LogP contribution < -0.4 is 0 Å². The molecular weight excluding hydrogens is 396 g/mol. The monoisotopic (exact) mass is 412 g/mol. The highest BCUT2D eigenvalue weighted by Crippen LogP contribution is 2.53. The van der Waals surface area contributed by atoms with Gasteiger partial charge < -0.3 is 4.74 Å². The molecule has 0 unspecified atom stereocenters. The van der Waals surface area contributed by atoms with Crippen LogP contribution in [0.1, 0.15) is 51.8 Å². The summed E-state index contributed by atoms with van der Waals surface area (Å²) in [6, 6.07) is 7.97. The molecule has 1 fully saturated rings. The number of halogens is 1. The minimum Gasteiger partial charge on any atom is -0.462 e. The molecule has 1 aromatic carbocycles. The zero-order valence-electron chi connectivity index (χ0n) is 15.3. The van der Waals surface area contributed by atoms with Gasteiger partial charge in [0.2, 0.25) is 0 Å². The number of nitrogens with zero attached hydrogens (tertiary/aromatic N) is 4. The highest BCUT2D eigenvalue weighted by Gasteiger charge is 2.42. The first-order valence-electron chi connectivity index (χ1n) is 9.13. The third-order valence-corrected chi connectivity index (χ3v) is 6.60. The lowest BCUT2D eigenvalue weighted by Gasteiger charge is -1.99. The number of rotatable bonds is 4. The van der Waals surface area contributed by atoms with Gasteiger partial charge >= 0.3 is 5.97 Å². The molecule has 3 aromatic heterocycles. The van der Waals surface area contributed by atoms with Crippen LogP contribution in [-0.2, 0) is 4.74 Å². The molecular formula is C20H17ClN4O2S. The molecule has 6 nitrogen and oxygen atoms in total. The molecule has 4 aromatic rings. The van der Waals surface area contributed by atoms with Crippen LogP contribution in [-0.4, -0.2) is 32.2 Å². The number of hydrogen-bond acceptors (Lipinski definition) is 6. The number of ether oxygens (including phenoxy) is 1. The first-order valence-corrected chi connectivity index (χ1v) is 10.3. The van der Waals surface area contributed by atoms with Crippen molar-refractivity contribution in [1.29, 1.82) is 0 Å². The fraction of sp³-hybridized carbons (Fsp3) is 0.300. The Balaban J connectivity index is 1.53. The van der Waals surface area contributed by atoms with Crippen molar-refractivity contribution in [1.82, 2.24) is 19.6 Å². The van der Waals surface area contributed by atoms with Crippen molar-refractivity contribution in [2.24, 2.45) is 0 Å². The third-order valence-electron chi connectivity index (χ3n) is 5.16. The largest absolute Gasteiger partial charge is 0.462 e. The lowest BCUT2D eigenvalue weighted by molar-refractivity contribution is 0.0531. The van der Waals surface area contributed by atoms with Crippen molar-refractivity contribution in [3.05, 3.63) is 57.4 Å². The van der Waals surface area contributed by atoms with Crippen LogP contribution in [0.15, 0.2) is 30.6 Å². The van der Waals surface area contributed by atoms with Crippen LogP contribution in [0.2, 0.25) is 5.02 Å². The van der Waals surface area contributed by atoms with E-state index in [-0.39, 0.29) is 5.97 Å². The van der Waals surface area contributed by atoms with Gasteiger partial charge in [-0.3, -0.25) is 0 Å². The summed E-state index contributed by atoms with van der Waals surface area (Å²) in [5.74, 6) is 1.21. The Morgan fingerprint density at radius 1 is 1.32 bits per heavy atom. The van der Waals surface area contributed by atoms with E-state index in [1.54, 1.807) is 17.8 Å². The molecule has 2 atom stereocenters. The van der Waals surface area contributed by atoms with E-state index in [9.17, 15) is 4.79 Å². The molecule has 8 heteroatoms. The van der Waals surface area contributed by atoms with E-state index in [1.807, 2.05) is 19.1 Å². The average Bonchev–Trinajstić information content (AvgIpc) is 3.24. The molecule has 0 aliphatic heterocycles. The number of thiophene rings is 1. The SMILES string of the molecule is CCOC(=O)c1sc2ncn3nc([C@@H]4C[C@H]4c4ccc(Cl)cc4)nc3c2c1C. The van der Waals surface area contributed by atoms with Crippen molar-refractivity contribution >= 4 is 44.8 Å². The zero-order valence-corrected chi connectivity index (χ0v) is 16.9. The Labute approximate surface area is 170 Å². The Morgan fingerprint density at radius 2 is 2.11 bits per heavy atom. The van der Waals surface area contributed by atoms with Crippen LogP contribution >= 0.6 is 22.9 Å². The van der Waals surface area contributed by atoms with Gasteiger partial charge in [-0.25, -0.2) is 19.3 Å². The molecule has 0 spiro atoms. The van der Waals surface area contributed by atoms with E-state index in [0.717, 1.165) is 38.7 Å². The maximum atomic E-state index is 12.2. The fourth-order valence-corrected chi connectivity index (χ4v) is 4.82. The van der Waals surface area contributed by atoms with E-state index < -0.39 is 0 Å². The van der Waals surface area contributed by atoms with E-state index in [0.29, 0.717) is 23.3 Å². The minimum absolute atomic E-state index is 0.291. The van der Waals surface area contributed by atoms with Crippen molar-refractivity contribution < 1.29 is 9.53 Å². The molecule has 3 heterocycles. The van der Waals surface area contributed by atoms with Gasteiger partial charge in [0, 0.05) is 10.9 Å². The summed E-state index contributed by atoms with van der Waals surface area (Å²) >= 11 is 7.33. The number of benzene rings is 1. The molecule has 1 saturated carbocycles. The van der Waals surface area contributed by atoms with Crippen LogP contribution in [0.4, 0.5) is 0 Å². The first kappa shape index (κ1) is 17.6. The van der Waals surface area contributed by atoms with Crippen molar-refractivity contribution in [2.75, 3.05) is 6.61 Å². The van der Waals surface area contributed by atoms with E-state index in [1.165, 1.54) is 16.9 Å². The summed E-state index contributed by atoms with van der Waals surface area (Å²) in [7, 11) is 0. The van der Waals surface area contributed by atoms with E-state index >= 15 is 0 Å². The number of carbonyl (C=O) groups excluding carboxylic acids is 1. The molecule has 0 amide bonds. The van der Waals surface area contributed by atoms with Crippen LogP contribution in [0.5, 0.6) is 0 Å². The van der Waals surface area contributed by atoms with Gasteiger partial charge in [-0.05, 0) is 49.4 Å². The molecule has 5 rings (SSSR count). The summed E-state index contributed by atoms with van der Waals surface area (Å²) in [4.78, 5) is 22.9. The van der Waals surface area contributed by atoms with E-state index in [4.69, 9.17) is 21.3 Å². The van der Waals surface area contributed by atoms with Crippen LogP contribution in [0.3, 0.4) is 0 Å². The summed E-state index contributed by atoms with van der Waals surface area (Å²) in [5, 5.41) is 6.27. The second kappa shape index (κ2) is 6.53. The number of aromatic nitrogens is 4. The van der Waals surface area contributed by atoms with Crippen molar-refractivity contribution in [2.45, 2.75) is 32.1 Å². The number of hydrogen-bond donors (Lipinski definition) is 0. The molecule has 1 aliphatic carbocycles. The van der Waals surface area contributed by atoms with Gasteiger partial charge in [-0.2, -0.15) is 0 Å². The lowest BCUT2D eigenvalue weighted by atomic mass is 10.1. The molecule has 0 N–H and O–H groups in total. The normalized spacial score (nSPS) is 18.7. The Bertz CT molecular complexity index is 1210. The smallest absolute Gasteiger partial charge is 0.348 e. The van der Waals surface area contributed by atoms with Gasteiger partial charge in [0.05, 0.1) is 12.0 Å². The zero-order chi connectivity index (χ0) is 19.4. The average molecular weight is 413 g/mol. The second-order valence-electron chi connectivity index (χ2n) is 6.94. The minimum atomic E-state index is -0.314. The molecule has 0 bridgehead atoms. The van der Waals surface area contributed by atoms with Gasteiger partial charge in [-0.15, -0.1) is 16.4 Å². The lowest BCUT2D eigenvalue weighted by Crippen LogP contribution is -2.03. The molecule has 28 heavy (non-hydrogen) atoms. The topological polar surface area (TPSA) is 69.4 Å². The van der Waals surface area contributed by atoms with Crippen LogP contribution in [0, 0.1) is 6.92 Å². The maximum Gasteiger partial charge on any atom is 0.348 e. The first-order chi connectivity index (χ1) is 13.6. The summed E-state index contributed by atoms with van der Waals surface area (Å²) in [6.45, 7) is 4.06. The highest BCUT2D eigenvalue weighted by molar-refractivity contribution is 7.20. The quantitative estimate of drug-likeness (QED) is 0.452. The van der Waals surface area contributed by atoms with Crippen molar-refractivity contribution in [3.63, 3.8) is 0 Å². The van der Waals surface area contributed by atoms with Crippen LogP contribution in [0.25, 0.3) is 15.9 Å². The molecule has 1 aliphatic rings. The van der Waals surface area contributed by atoms with E-state index in [2.05, 4.69) is 22.2 Å². The molecule has 142 valence electrons. The second-order valence-corrected chi connectivity index (χ2v) is 8.38. The molecule has 0 radical (unpaired) electrons. The summed E-state index contributed by atoms with van der Waals surface area (Å²) in [6.07, 6.45) is 2.69. The predicted molar refractivity (Wildman–Crippen MR) is 108 cm³/mol. The number of fused-ring (bicyclic) bond motifs is 3. The standard InChI is InChI=1S/C20H17ClN4O2S/c1-3-27-20(26)16-10(2)15-18-23-17(24-25(18)9-22-19(15)28-16)14-8-13(14)11-4-6-12(21)7-5-11/h4-7,9,13-14H,3,8H2,1-2H3/t13-,14+/m0/s1. The predicted octanol–water partition coefficient (Wildman–Crippen LogP) is 4.75. The number of carbonyl (C=O) groups is 1. The number of aryl methyl sites for hydroxylation is 1. The third kappa shape index (κ3) is 2.77. The fourth-order valence-electron chi connectivity index (χ4n) is 3.66. The summed E-state index contributed by atoms with van der Waals surface area (Å²) in [5.41, 5.74) is 2.85. The summed E-state index contributed by atoms with van der Waals surface area (Å²) < 4.78 is 6.88.